The van der Waals surface area contributed by atoms with Gasteiger partial charge in [-0.2, -0.15) is 0 Å². The van der Waals surface area contributed by atoms with E-state index in [1.54, 1.807) is 18.2 Å². The topological polar surface area (TPSA) is 110 Å². The summed E-state index contributed by atoms with van der Waals surface area (Å²) in [6.07, 6.45) is 5.26. The molecule has 2 aliphatic rings. The SMILES string of the molecule is NC1CCC(NC(=O)c2cc(F)cnc2Oc2cccc(-c3ccc(O)cc3CN3CCCOCC3)c2)CC1. The Morgan fingerprint density at radius 3 is 2.82 bits per heavy atom. The Kier molecular flexibility index (Phi) is 8.71. The molecule has 0 radical (unpaired) electrons. The molecule has 0 spiro atoms. The van der Waals surface area contributed by atoms with Gasteiger partial charge in [0.05, 0.1) is 12.8 Å². The van der Waals surface area contributed by atoms with Crippen molar-refractivity contribution in [2.45, 2.75) is 50.7 Å². The van der Waals surface area contributed by atoms with Crippen LogP contribution in [-0.4, -0.2) is 59.3 Å². The highest BCUT2D eigenvalue weighted by Crippen LogP contribution is 2.33. The third kappa shape index (κ3) is 7.11. The van der Waals surface area contributed by atoms with Crippen molar-refractivity contribution in [2.75, 3.05) is 26.3 Å². The number of hydrogen-bond acceptors (Lipinski definition) is 7. The number of benzene rings is 2. The van der Waals surface area contributed by atoms with E-state index in [0.29, 0.717) is 18.9 Å². The molecule has 1 aliphatic carbocycles. The summed E-state index contributed by atoms with van der Waals surface area (Å²) >= 11 is 0. The van der Waals surface area contributed by atoms with E-state index in [9.17, 15) is 14.3 Å². The van der Waals surface area contributed by atoms with Crippen LogP contribution in [0, 0.1) is 5.82 Å². The van der Waals surface area contributed by atoms with Gasteiger partial charge in [0, 0.05) is 38.3 Å². The van der Waals surface area contributed by atoms with Gasteiger partial charge >= 0.3 is 0 Å². The van der Waals surface area contributed by atoms with Crippen molar-refractivity contribution in [2.24, 2.45) is 5.73 Å². The van der Waals surface area contributed by atoms with Crippen LogP contribution < -0.4 is 15.8 Å². The first-order valence-corrected chi connectivity index (χ1v) is 13.6. The summed E-state index contributed by atoms with van der Waals surface area (Å²) in [6.45, 7) is 3.87. The normalized spacial score (nSPS) is 20.3. The van der Waals surface area contributed by atoms with Crippen LogP contribution in [0.25, 0.3) is 11.1 Å². The van der Waals surface area contributed by atoms with Gasteiger partial charge in [-0.05, 0) is 79.1 Å². The van der Waals surface area contributed by atoms with Gasteiger partial charge in [-0.3, -0.25) is 9.69 Å². The molecule has 9 heteroatoms. The van der Waals surface area contributed by atoms with E-state index >= 15 is 0 Å². The third-order valence-corrected chi connectivity index (χ3v) is 7.33. The molecule has 1 aromatic heterocycles. The summed E-state index contributed by atoms with van der Waals surface area (Å²) in [5.74, 6) is -0.325. The van der Waals surface area contributed by atoms with Crippen molar-refractivity contribution in [1.29, 1.82) is 0 Å². The van der Waals surface area contributed by atoms with Gasteiger partial charge in [-0.25, -0.2) is 9.37 Å². The lowest BCUT2D eigenvalue weighted by Crippen LogP contribution is -2.40. The molecule has 2 aromatic carbocycles. The molecule has 0 unspecified atom stereocenters. The zero-order valence-corrected chi connectivity index (χ0v) is 21.9. The number of phenolic OH excluding ortho intramolecular Hbond substituents is 1. The molecular formula is C30H35FN4O4. The smallest absolute Gasteiger partial charge is 0.257 e. The highest BCUT2D eigenvalue weighted by molar-refractivity contribution is 5.96. The van der Waals surface area contributed by atoms with Gasteiger partial charge in [0.1, 0.15) is 22.9 Å². The van der Waals surface area contributed by atoms with Crippen LogP contribution >= 0.6 is 0 Å². The van der Waals surface area contributed by atoms with Crippen LogP contribution in [0.4, 0.5) is 4.39 Å². The zero-order chi connectivity index (χ0) is 27.2. The largest absolute Gasteiger partial charge is 0.508 e. The second kappa shape index (κ2) is 12.5. The minimum Gasteiger partial charge on any atom is -0.508 e. The molecule has 8 nitrogen and oxygen atoms in total. The third-order valence-electron chi connectivity index (χ3n) is 7.33. The number of nitrogens with zero attached hydrogens (tertiary/aromatic N) is 2. The lowest BCUT2D eigenvalue weighted by atomic mass is 9.91. The molecule has 2 heterocycles. The molecule has 3 aromatic rings. The maximum Gasteiger partial charge on any atom is 0.257 e. The fourth-order valence-electron chi connectivity index (χ4n) is 5.23. The molecule has 5 rings (SSSR count). The number of amides is 1. The minimum atomic E-state index is -0.612. The van der Waals surface area contributed by atoms with Crippen LogP contribution in [0.15, 0.2) is 54.7 Å². The Morgan fingerprint density at radius 2 is 1.97 bits per heavy atom. The Balaban J connectivity index is 1.36. The number of halogens is 1. The van der Waals surface area contributed by atoms with Crippen molar-refractivity contribution in [3.63, 3.8) is 0 Å². The average Bonchev–Trinajstić information content (AvgIpc) is 3.20. The summed E-state index contributed by atoms with van der Waals surface area (Å²) in [5, 5.41) is 13.2. The van der Waals surface area contributed by atoms with Crippen LogP contribution in [0.1, 0.15) is 48.0 Å². The lowest BCUT2D eigenvalue weighted by molar-refractivity contribution is 0.0922. The number of carbonyl (C=O) groups is 1. The monoisotopic (exact) mass is 534 g/mol. The molecule has 1 amide bonds. The summed E-state index contributed by atoms with van der Waals surface area (Å²) < 4.78 is 25.7. The maximum absolute atomic E-state index is 14.1. The summed E-state index contributed by atoms with van der Waals surface area (Å²) in [6, 6.07) is 14.1. The molecule has 206 valence electrons. The van der Waals surface area contributed by atoms with E-state index in [1.807, 2.05) is 24.3 Å². The molecular weight excluding hydrogens is 499 g/mol. The first-order chi connectivity index (χ1) is 18.9. The average molecular weight is 535 g/mol. The Labute approximate surface area is 227 Å². The maximum atomic E-state index is 14.1. The molecule has 39 heavy (non-hydrogen) atoms. The van der Waals surface area contributed by atoms with Crippen LogP contribution in [0.3, 0.4) is 0 Å². The van der Waals surface area contributed by atoms with Crippen molar-refractivity contribution >= 4 is 5.91 Å². The predicted octanol–water partition coefficient (Wildman–Crippen LogP) is 4.61. The highest BCUT2D eigenvalue weighted by Gasteiger charge is 2.23. The molecule has 4 N–H and O–H groups in total. The molecule has 1 aliphatic heterocycles. The number of nitrogens with one attached hydrogen (secondary N) is 1. The van der Waals surface area contributed by atoms with E-state index < -0.39 is 11.7 Å². The zero-order valence-electron chi connectivity index (χ0n) is 21.9. The van der Waals surface area contributed by atoms with Gasteiger partial charge in [0.25, 0.3) is 5.91 Å². The second-order valence-corrected chi connectivity index (χ2v) is 10.3. The van der Waals surface area contributed by atoms with Gasteiger partial charge in [-0.1, -0.05) is 18.2 Å². The number of pyridine rings is 1. The first-order valence-electron chi connectivity index (χ1n) is 13.6. The molecule has 0 bridgehead atoms. The highest BCUT2D eigenvalue weighted by atomic mass is 19.1. The summed E-state index contributed by atoms with van der Waals surface area (Å²) in [5.41, 5.74) is 8.86. The van der Waals surface area contributed by atoms with Crippen LogP contribution in [0.5, 0.6) is 17.4 Å². The van der Waals surface area contributed by atoms with Gasteiger partial charge in [0.15, 0.2) is 0 Å². The van der Waals surface area contributed by atoms with E-state index in [4.69, 9.17) is 15.2 Å². The number of carbonyl (C=O) groups excluding carboxylic acids is 1. The fourth-order valence-corrected chi connectivity index (χ4v) is 5.23. The van der Waals surface area contributed by atoms with E-state index in [1.165, 1.54) is 0 Å². The molecule has 1 saturated carbocycles. The number of hydrogen-bond donors (Lipinski definition) is 3. The van der Waals surface area contributed by atoms with Crippen molar-refractivity contribution < 1.29 is 23.8 Å². The molecule has 2 fully saturated rings. The van der Waals surface area contributed by atoms with Gasteiger partial charge in [-0.15, -0.1) is 0 Å². The van der Waals surface area contributed by atoms with Crippen molar-refractivity contribution in [3.8, 4) is 28.5 Å². The van der Waals surface area contributed by atoms with Crippen LogP contribution in [-0.2, 0) is 11.3 Å². The lowest BCUT2D eigenvalue weighted by Gasteiger charge is -2.27. The second-order valence-electron chi connectivity index (χ2n) is 10.3. The van der Waals surface area contributed by atoms with E-state index in [0.717, 1.165) is 80.8 Å². The molecule has 1 saturated heterocycles. The van der Waals surface area contributed by atoms with Crippen molar-refractivity contribution in [1.82, 2.24) is 15.2 Å². The predicted molar refractivity (Wildman–Crippen MR) is 146 cm³/mol. The van der Waals surface area contributed by atoms with Gasteiger partial charge in [0.2, 0.25) is 5.88 Å². The standard InChI is InChI=1S/C30H35FN4O4/c31-22-17-28(29(37)34-24-7-5-23(32)6-8-24)30(33-18-22)39-26-4-1-3-20(16-26)27-10-9-25(36)15-21(27)19-35-11-2-13-38-14-12-35/h1,3-4,9-10,15-18,23-24,36H,2,5-8,11-14,19,32H2,(H,34,37). The molecule has 0 atom stereocenters. The number of ether oxygens (including phenoxy) is 2. The van der Waals surface area contributed by atoms with E-state index in [2.05, 4.69) is 15.2 Å². The number of nitrogens with two attached hydrogens (primary N) is 1. The van der Waals surface area contributed by atoms with E-state index in [-0.39, 0.29) is 29.3 Å². The minimum absolute atomic E-state index is 0.0135. The number of aromatic hydroxyl groups is 1. The quantitative estimate of drug-likeness (QED) is 0.406. The number of rotatable bonds is 7. The number of phenols is 1. The van der Waals surface area contributed by atoms with Crippen LogP contribution in [0.2, 0.25) is 0 Å². The van der Waals surface area contributed by atoms with Crippen molar-refractivity contribution in [3.05, 3.63) is 71.7 Å². The number of aromatic nitrogens is 1. The first kappa shape index (κ1) is 27.1. The van der Waals surface area contributed by atoms with Gasteiger partial charge < -0.3 is 25.6 Å². The Morgan fingerprint density at radius 1 is 1.13 bits per heavy atom. The summed E-state index contributed by atoms with van der Waals surface area (Å²) in [7, 11) is 0. The fraction of sp³-hybridized carbons (Fsp3) is 0.400. The Bertz CT molecular complexity index is 1290. The Hall–Kier alpha value is -3.53. The summed E-state index contributed by atoms with van der Waals surface area (Å²) in [4.78, 5) is 19.5.